The summed E-state index contributed by atoms with van der Waals surface area (Å²) in [6.07, 6.45) is 2.22. The van der Waals surface area contributed by atoms with Gasteiger partial charge in [0.1, 0.15) is 11.8 Å². The molecule has 14 nitrogen and oxygen atoms in total. The molecule has 2 saturated heterocycles. The van der Waals surface area contributed by atoms with Crippen molar-refractivity contribution in [2.75, 3.05) is 49.0 Å². The third kappa shape index (κ3) is 8.35. The molecule has 4 rings (SSSR count). The van der Waals surface area contributed by atoms with Crippen molar-refractivity contribution in [1.82, 2.24) is 14.5 Å². The Morgan fingerprint density at radius 1 is 1.00 bits per heavy atom. The minimum Gasteiger partial charge on any atom is -0.506 e. The molecule has 0 radical (unpaired) electrons. The number of carboxylic acid groups (broad SMARTS) is 1. The van der Waals surface area contributed by atoms with Gasteiger partial charge in [0, 0.05) is 31.9 Å². The number of nitrogens with zero attached hydrogens (tertiary/aromatic N) is 2. The number of hydrogen-bond acceptors (Lipinski definition) is 9. The molecule has 2 atom stereocenters. The highest BCUT2D eigenvalue weighted by molar-refractivity contribution is 7.92. The Kier molecular flexibility index (Phi) is 10.2. The molecule has 6 N–H and O–H groups in total. The first kappa shape index (κ1) is 32.5. The fourth-order valence-corrected chi connectivity index (χ4v) is 7.29. The Bertz CT molecular complexity index is 1530. The van der Waals surface area contributed by atoms with Crippen molar-refractivity contribution >= 4 is 43.4 Å². The number of carboxylic acids is 1. The maximum Gasteiger partial charge on any atom is 0.326 e. The van der Waals surface area contributed by atoms with Gasteiger partial charge in [-0.2, -0.15) is 4.31 Å². The van der Waals surface area contributed by atoms with Crippen LogP contribution in [0.3, 0.4) is 0 Å². The first-order valence-electron chi connectivity index (χ1n) is 13.8. The minimum atomic E-state index is -3.75. The molecule has 0 bridgehead atoms. The number of amides is 2. The Labute approximate surface area is 250 Å². The van der Waals surface area contributed by atoms with Gasteiger partial charge in [0.2, 0.25) is 20.0 Å². The smallest absolute Gasteiger partial charge is 0.326 e. The van der Waals surface area contributed by atoms with Crippen LogP contribution < -0.4 is 15.4 Å². The van der Waals surface area contributed by atoms with Gasteiger partial charge in [0.05, 0.1) is 22.9 Å². The average molecular weight is 640 g/mol. The molecule has 0 saturated carbocycles. The Morgan fingerprint density at radius 2 is 1.67 bits per heavy atom. The van der Waals surface area contributed by atoms with Crippen LogP contribution in [-0.2, 0) is 24.8 Å². The predicted octanol–water partition coefficient (Wildman–Crippen LogP) is 1.57. The maximum absolute atomic E-state index is 13.2. The van der Waals surface area contributed by atoms with E-state index >= 15 is 0 Å². The number of aliphatic hydroxyl groups is 1. The van der Waals surface area contributed by atoms with Crippen LogP contribution in [0.15, 0.2) is 47.4 Å². The summed E-state index contributed by atoms with van der Waals surface area (Å²) in [6, 6.07) is 8.55. The molecule has 2 fully saturated rings. The number of aliphatic hydroxyl groups excluding tert-OH is 1. The lowest BCUT2D eigenvalue weighted by molar-refractivity contribution is -0.141. The van der Waals surface area contributed by atoms with E-state index in [1.54, 1.807) is 0 Å². The van der Waals surface area contributed by atoms with Gasteiger partial charge in [-0.3, -0.25) is 4.72 Å². The topological polar surface area (TPSA) is 206 Å². The van der Waals surface area contributed by atoms with Gasteiger partial charge in [-0.05, 0) is 80.1 Å². The lowest BCUT2D eigenvalue weighted by Gasteiger charge is -2.31. The molecule has 0 unspecified atom stereocenters. The van der Waals surface area contributed by atoms with E-state index in [1.807, 2.05) is 0 Å². The highest BCUT2D eigenvalue weighted by atomic mass is 32.2. The fourth-order valence-electron chi connectivity index (χ4n) is 5.26. The van der Waals surface area contributed by atoms with Crippen LogP contribution in [0, 0.1) is 5.92 Å². The van der Waals surface area contributed by atoms with Crippen molar-refractivity contribution in [2.24, 2.45) is 5.92 Å². The second-order valence-electron chi connectivity index (χ2n) is 10.8. The molecule has 236 valence electrons. The van der Waals surface area contributed by atoms with Crippen LogP contribution in [0.2, 0.25) is 0 Å². The van der Waals surface area contributed by atoms with Crippen molar-refractivity contribution < 1.29 is 41.7 Å². The quantitative estimate of drug-likeness (QED) is 0.196. The Hall–Kier alpha value is -3.44. The number of phenols is 1. The number of piperidine rings is 1. The molecule has 2 amide bonds. The highest BCUT2D eigenvalue weighted by Gasteiger charge is 2.34. The number of benzene rings is 2. The second-order valence-corrected chi connectivity index (χ2v) is 14.5. The monoisotopic (exact) mass is 639 g/mol. The van der Waals surface area contributed by atoms with Gasteiger partial charge in [0.25, 0.3) is 0 Å². The van der Waals surface area contributed by atoms with Crippen molar-refractivity contribution in [3.05, 3.63) is 48.0 Å². The Balaban J connectivity index is 1.24. The summed E-state index contributed by atoms with van der Waals surface area (Å²) in [5, 5.41) is 35.5. The SMILES string of the molecule is CS(=O)(=O)Nc1cc([C@H](O)CNCC2CCN(S(=O)(=O)c3ccc(NC(=O)N4CCC[C@H]4C(=O)O)cc3)CC2)ccc1O. The van der Waals surface area contributed by atoms with E-state index in [0.717, 1.165) is 6.26 Å². The largest absolute Gasteiger partial charge is 0.506 e. The van der Waals surface area contributed by atoms with Crippen molar-refractivity contribution in [1.29, 1.82) is 0 Å². The van der Waals surface area contributed by atoms with Gasteiger partial charge < -0.3 is 30.9 Å². The number of aliphatic carboxylic acids is 1. The zero-order valence-electron chi connectivity index (χ0n) is 23.6. The van der Waals surface area contributed by atoms with Crippen LogP contribution in [0.4, 0.5) is 16.2 Å². The molecule has 2 aromatic carbocycles. The zero-order valence-corrected chi connectivity index (χ0v) is 25.3. The van der Waals surface area contributed by atoms with Gasteiger partial charge in [-0.1, -0.05) is 6.07 Å². The summed E-state index contributed by atoms with van der Waals surface area (Å²) in [5.41, 5.74) is 0.758. The van der Waals surface area contributed by atoms with E-state index in [9.17, 15) is 41.7 Å². The summed E-state index contributed by atoms with van der Waals surface area (Å²) >= 11 is 0. The minimum absolute atomic E-state index is 0.0250. The predicted molar refractivity (Wildman–Crippen MR) is 159 cm³/mol. The van der Waals surface area contributed by atoms with Crippen LogP contribution >= 0.6 is 0 Å². The van der Waals surface area contributed by atoms with Crippen LogP contribution in [-0.4, -0.2) is 98.4 Å². The number of rotatable bonds is 11. The standard InChI is InChI=1S/C27H37N5O9S2/c1-42(38,39)30-22-15-19(4-9-24(22)33)25(34)17-28-16-18-10-13-31(14-11-18)43(40,41)21-7-5-20(6-8-21)29-27(37)32-12-2-3-23(32)26(35)36/h4-9,15,18,23,25,28,30,33-34H,2-3,10-14,16-17H2,1H3,(H,29,37)(H,35,36)/t23-,25+/m0/s1. The van der Waals surface area contributed by atoms with E-state index < -0.39 is 44.2 Å². The average Bonchev–Trinajstić information content (AvgIpc) is 3.45. The number of sulfonamides is 2. The molecule has 0 aromatic heterocycles. The van der Waals surface area contributed by atoms with Gasteiger partial charge in [0.15, 0.2) is 0 Å². The molecule has 2 aliphatic rings. The van der Waals surface area contributed by atoms with Crippen LogP contribution in [0.5, 0.6) is 5.75 Å². The van der Waals surface area contributed by atoms with E-state index in [2.05, 4.69) is 15.4 Å². The second kappa shape index (κ2) is 13.5. The van der Waals surface area contributed by atoms with Crippen molar-refractivity contribution in [3.8, 4) is 5.75 Å². The van der Waals surface area contributed by atoms with Crippen molar-refractivity contribution in [3.63, 3.8) is 0 Å². The number of nitrogens with one attached hydrogen (secondary N) is 3. The van der Waals surface area contributed by atoms with E-state index in [-0.39, 0.29) is 28.8 Å². The number of phenolic OH excluding ortho intramolecular Hbond substituents is 1. The molecular weight excluding hydrogens is 602 g/mol. The van der Waals surface area contributed by atoms with Gasteiger partial charge in [-0.25, -0.2) is 26.4 Å². The van der Waals surface area contributed by atoms with E-state index in [1.165, 1.54) is 51.7 Å². The summed E-state index contributed by atoms with van der Waals surface area (Å²) in [5.74, 6) is -1.13. The molecular formula is C27H37N5O9S2. The molecule has 2 heterocycles. The zero-order chi connectivity index (χ0) is 31.4. The first-order chi connectivity index (χ1) is 20.2. The molecule has 2 aliphatic heterocycles. The number of carbonyl (C=O) groups is 2. The lowest BCUT2D eigenvalue weighted by Crippen LogP contribution is -2.42. The molecule has 2 aromatic rings. The van der Waals surface area contributed by atoms with Crippen LogP contribution in [0.1, 0.15) is 37.4 Å². The normalized spacial score (nSPS) is 19.2. The fraction of sp³-hybridized carbons (Fsp3) is 0.481. The van der Waals surface area contributed by atoms with Gasteiger partial charge in [-0.15, -0.1) is 0 Å². The number of likely N-dealkylation sites (tertiary alicyclic amines) is 1. The summed E-state index contributed by atoms with van der Waals surface area (Å²) in [4.78, 5) is 25.2. The number of urea groups is 1. The van der Waals surface area contributed by atoms with E-state index in [0.29, 0.717) is 63.1 Å². The third-order valence-corrected chi connectivity index (χ3v) is 10.1. The molecule has 0 spiro atoms. The van der Waals surface area contributed by atoms with Crippen LogP contribution in [0.25, 0.3) is 0 Å². The number of anilines is 2. The summed E-state index contributed by atoms with van der Waals surface area (Å²) < 4.78 is 53.0. The number of carbonyl (C=O) groups excluding carboxylic acids is 1. The number of hydrogen-bond donors (Lipinski definition) is 6. The Morgan fingerprint density at radius 3 is 2.30 bits per heavy atom. The number of aromatic hydroxyl groups is 1. The van der Waals surface area contributed by atoms with Crippen molar-refractivity contribution in [2.45, 2.75) is 42.7 Å². The highest BCUT2D eigenvalue weighted by Crippen LogP contribution is 2.28. The molecule has 0 aliphatic carbocycles. The lowest BCUT2D eigenvalue weighted by atomic mass is 9.98. The van der Waals surface area contributed by atoms with E-state index in [4.69, 9.17) is 0 Å². The summed E-state index contributed by atoms with van der Waals surface area (Å²) in [6.45, 7) is 1.70. The third-order valence-electron chi connectivity index (χ3n) is 7.59. The first-order valence-corrected chi connectivity index (χ1v) is 17.2. The van der Waals surface area contributed by atoms with Gasteiger partial charge >= 0.3 is 12.0 Å². The molecule has 16 heteroatoms. The maximum atomic E-state index is 13.2. The summed E-state index contributed by atoms with van der Waals surface area (Å²) in [7, 11) is -7.36. The molecule has 43 heavy (non-hydrogen) atoms.